The molecule has 0 saturated heterocycles. The van der Waals surface area contributed by atoms with Crippen molar-refractivity contribution >= 4 is 38.6 Å². The molecule has 1 amide bonds. The molecule has 33 heavy (non-hydrogen) atoms. The van der Waals surface area contributed by atoms with Crippen molar-refractivity contribution in [3.05, 3.63) is 58.9 Å². The second kappa shape index (κ2) is 10.7. The van der Waals surface area contributed by atoms with E-state index >= 15 is 0 Å². The average Bonchev–Trinajstić information content (AvgIpc) is 3.15. The molecule has 0 aliphatic heterocycles. The molecule has 0 aliphatic carbocycles. The molecule has 3 rings (SSSR count). The Balaban J connectivity index is 1.77. The van der Waals surface area contributed by atoms with Crippen molar-refractivity contribution in [2.45, 2.75) is 58.0 Å². The zero-order valence-corrected chi connectivity index (χ0v) is 21.1. The lowest BCUT2D eigenvalue weighted by atomic mass is 10.1. The van der Waals surface area contributed by atoms with Crippen molar-refractivity contribution in [3.8, 4) is 0 Å². The number of halogens is 1. The minimum Gasteiger partial charge on any atom is -0.350 e. The maximum Gasteiger partial charge on any atom is 0.243 e. The van der Waals surface area contributed by atoms with Gasteiger partial charge in [0.2, 0.25) is 15.9 Å². The van der Waals surface area contributed by atoms with Gasteiger partial charge in [-0.3, -0.25) is 4.79 Å². The third-order valence-corrected chi connectivity index (χ3v) is 8.04. The van der Waals surface area contributed by atoms with Gasteiger partial charge >= 0.3 is 0 Å². The first-order valence-corrected chi connectivity index (χ1v) is 13.1. The highest BCUT2D eigenvalue weighted by atomic mass is 35.5. The average molecular weight is 491 g/mol. The lowest BCUT2D eigenvalue weighted by Crippen LogP contribution is -2.30. The molecule has 0 spiro atoms. The minimum atomic E-state index is -3.56. The highest BCUT2D eigenvalue weighted by Crippen LogP contribution is 2.24. The number of nitrogens with zero attached hydrogens (tertiary/aromatic N) is 3. The van der Waals surface area contributed by atoms with E-state index in [-0.39, 0.29) is 23.3 Å². The van der Waals surface area contributed by atoms with Crippen LogP contribution in [0.25, 0.3) is 11.0 Å². The van der Waals surface area contributed by atoms with Crippen molar-refractivity contribution in [2.75, 3.05) is 13.1 Å². The molecule has 1 unspecified atom stereocenters. The van der Waals surface area contributed by atoms with Crippen LogP contribution in [-0.2, 0) is 27.8 Å². The lowest BCUT2D eigenvalue weighted by molar-refractivity contribution is -0.121. The van der Waals surface area contributed by atoms with Crippen LogP contribution in [0.1, 0.15) is 51.5 Å². The van der Waals surface area contributed by atoms with Gasteiger partial charge in [0, 0.05) is 37.5 Å². The Morgan fingerprint density at radius 1 is 1.15 bits per heavy atom. The van der Waals surface area contributed by atoms with Gasteiger partial charge in [-0.2, -0.15) is 4.31 Å². The number of benzene rings is 2. The molecule has 0 radical (unpaired) electrons. The van der Waals surface area contributed by atoms with Crippen molar-refractivity contribution < 1.29 is 13.2 Å². The van der Waals surface area contributed by atoms with Gasteiger partial charge in [-0.1, -0.05) is 37.6 Å². The first kappa shape index (κ1) is 25.2. The van der Waals surface area contributed by atoms with Gasteiger partial charge in [0.15, 0.2) is 0 Å². The van der Waals surface area contributed by atoms with E-state index in [0.29, 0.717) is 36.6 Å². The summed E-state index contributed by atoms with van der Waals surface area (Å²) in [5, 5.41) is 3.63. The number of hydrogen-bond acceptors (Lipinski definition) is 4. The number of sulfonamides is 1. The summed E-state index contributed by atoms with van der Waals surface area (Å²) < 4.78 is 29.2. The van der Waals surface area contributed by atoms with E-state index in [2.05, 4.69) is 10.3 Å². The van der Waals surface area contributed by atoms with Crippen molar-refractivity contribution in [1.29, 1.82) is 0 Å². The molecule has 7 nitrogen and oxygen atoms in total. The van der Waals surface area contributed by atoms with E-state index < -0.39 is 10.0 Å². The molecular weight excluding hydrogens is 460 g/mol. The molecule has 0 fully saturated rings. The minimum absolute atomic E-state index is 0.0815. The summed E-state index contributed by atoms with van der Waals surface area (Å²) in [7, 11) is -3.56. The first-order valence-electron chi connectivity index (χ1n) is 11.2. The Bertz CT molecular complexity index is 1240. The van der Waals surface area contributed by atoms with Crippen LogP contribution < -0.4 is 5.32 Å². The summed E-state index contributed by atoms with van der Waals surface area (Å²) in [5.41, 5.74) is 2.42. The quantitative estimate of drug-likeness (QED) is 0.452. The van der Waals surface area contributed by atoms with E-state index in [9.17, 15) is 13.2 Å². The third kappa shape index (κ3) is 5.57. The van der Waals surface area contributed by atoms with Crippen LogP contribution in [0, 0.1) is 0 Å². The fourth-order valence-corrected chi connectivity index (χ4v) is 5.65. The Kier molecular flexibility index (Phi) is 8.15. The number of carbonyl (C=O) groups is 1. The van der Waals surface area contributed by atoms with Gasteiger partial charge in [0.1, 0.15) is 5.82 Å². The predicted octanol–water partition coefficient (Wildman–Crippen LogP) is 4.55. The van der Waals surface area contributed by atoms with Crippen molar-refractivity contribution in [1.82, 2.24) is 19.2 Å². The molecule has 2 aromatic carbocycles. The van der Waals surface area contributed by atoms with E-state index in [1.165, 1.54) is 4.31 Å². The SMILES string of the molecule is CCN(CC)S(=O)(=O)c1ccc2c(c1)nc(CCC(=O)NC(C)c1cccc(Cl)c1)n2CC. The lowest BCUT2D eigenvalue weighted by Gasteiger charge is -2.18. The van der Waals surface area contributed by atoms with Gasteiger partial charge in [0.25, 0.3) is 0 Å². The van der Waals surface area contributed by atoms with Crippen molar-refractivity contribution in [3.63, 3.8) is 0 Å². The summed E-state index contributed by atoms with van der Waals surface area (Å²) >= 11 is 6.05. The fourth-order valence-electron chi connectivity index (χ4n) is 3.97. The number of aromatic nitrogens is 2. The second-order valence-electron chi connectivity index (χ2n) is 7.86. The molecule has 0 saturated carbocycles. The summed E-state index contributed by atoms with van der Waals surface area (Å²) in [6.07, 6.45) is 0.730. The number of nitrogens with one attached hydrogen (secondary N) is 1. The third-order valence-electron chi connectivity index (χ3n) is 5.76. The topological polar surface area (TPSA) is 84.3 Å². The summed E-state index contributed by atoms with van der Waals surface area (Å²) in [5.74, 6) is 0.678. The van der Waals surface area contributed by atoms with Gasteiger partial charge < -0.3 is 9.88 Å². The van der Waals surface area contributed by atoms with Gasteiger partial charge in [-0.15, -0.1) is 0 Å². The highest BCUT2D eigenvalue weighted by molar-refractivity contribution is 7.89. The summed E-state index contributed by atoms with van der Waals surface area (Å²) in [6, 6.07) is 12.3. The molecule has 178 valence electrons. The highest BCUT2D eigenvalue weighted by Gasteiger charge is 2.23. The standard InChI is InChI=1S/C24H31ClN4O3S/c1-5-28(6-2)33(31,32)20-11-12-22-21(16-20)27-23(29(22)7-3)13-14-24(30)26-17(4)18-9-8-10-19(25)15-18/h8-12,15-17H,5-7,13-14H2,1-4H3,(H,26,30). The number of imidazole rings is 1. The maximum absolute atomic E-state index is 12.9. The van der Waals surface area contributed by atoms with E-state index in [0.717, 1.165) is 16.9 Å². The first-order chi connectivity index (χ1) is 15.7. The Morgan fingerprint density at radius 3 is 2.52 bits per heavy atom. The molecule has 1 aromatic heterocycles. The van der Waals surface area contributed by atoms with Crippen LogP contribution in [0.2, 0.25) is 5.02 Å². The van der Waals surface area contributed by atoms with Crippen LogP contribution in [0.3, 0.4) is 0 Å². The van der Waals surface area contributed by atoms with Gasteiger partial charge in [-0.05, 0) is 49.7 Å². The maximum atomic E-state index is 12.9. The Hall–Kier alpha value is -2.42. The number of carbonyl (C=O) groups excluding carboxylic acids is 1. The summed E-state index contributed by atoms with van der Waals surface area (Å²) in [4.78, 5) is 17.5. The molecule has 0 bridgehead atoms. The monoisotopic (exact) mass is 490 g/mol. The van der Waals surface area contributed by atoms with Crippen LogP contribution >= 0.6 is 11.6 Å². The molecule has 3 aromatic rings. The van der Waals surface area contributed by atoms with Crippen LogP contribution in [0.4, 0.5) is 0 Å². The molecule has 1 heterocycles. The van der Waals surface area contributed by atoms with E-state index in [1.54, 1.807) is 24.3 Å². The number of fused-ring (bicyclic) bond motifs is 1. The Labute approximate surface area is 200 Å². The smallest absolute Gasteiger partial charge is 0.243 e. The summed E-state index contributed by atoms with van der Waals surface area (Å²) in [6.45, 7) is 9.07. The van der Waals surface area contributed by atoms with E-state index in [1.807, 2.05) is 50.5 Å². The second-order valence-corrected chi connectivity index (χ2v) is 10.2. The van der Waals surface area contributed by atoms with Gasteiger partial charge in [0.05, 0.1) is 22.0 Å². The van der Waals surface area contributed by atoms with Crippen LogP contribution in [0.15, 0.2) is 47.4 Å². The molecule has 1 N–H and O–H groups in total. The Morgan fingerprint density at radius 2 is 1.88 bits per heavy atom. The zero-order chi connectivity index (χ0) is 24.2. The van der Waals surface area contributed by atoms with Gasteiger partial charge in [-0.25, -0.2) is 13.4 Å². The molecular formula is C24H31ClN4O3S. The fraction of sp³-hybridized carbons (Fsp3) is 0.417. The van der Waals surface area contributed by atoms with Crippen LogP contribution in [-0.4, -0.2) is 41.3 Å². The largest absolute Gasteiger partial charge is 0.350 e. The number of rotatable bonds is 10. The number of amides is 1. The normalized spacial score (nSPS) is 12.9. The molecule has 0 aliphatic rings. The number of hydrogen-bond donors (Lipinski definition) is 1. The van der Waals surface area contributed by atoms with Crippen molar-refractivity contribution in [2.24, 2.45) is 0 Å². The molecule has 9 heteroatoms. The molecule has 1 atom stereocenters. The predicted molar refractivity (Wildman–Crippen MR) is 132 cm³/mol. The zero-order valence-electron chi connectivity index (χ0n) is 19.5. The van der Waals surface area contributed by atoms with Crippen LogP contribution in [0.5, 0.6) is 0 Å². The van der Waals surface area contributed by atoms with E-state index in [4.69, 9.17) is 11.6 Å². The number of aryl methyl sites for hydroxylation is 2.